The summed E-state index contributed by atoms with van der Waals surface area (Å²) in [6.07, 6.45) is 1.36. The van der Waals surface area contributed by atoms with Gasteiger partial charge in [-0.05, 0) is 56.2 Å². The molecule has 0 bridgehead atoms. The van der Waals surface area contributed by atoms with Crippen molar-refractivity contribution >= 4 is 50.6 Å². The van der Waals surface area contributed by atoms with E-state index >= 15 is 0 Å². The number of hydrogen-bond acceptors (Lipinski definition) is 5. The summed E-state index contributed by atoms with van der Waals surface area (Å²) in [5, 5.41) is 14.3. The smallest absolute Gasteiger partial charge is 0.269 e. The van der Waals surface area contributed by atoms with Gasteiger partial charge in [0, 0.05) is 18.3 Å². The summed E-state index contributed by atoms with van der Waals surface area (Å²) in [6, 6.07) is 9.41. The number of aliphatic hydroxyl groups excluding tert-OH is 1. The number of allylic oxidation sites excluding steroid dienone is 1. The summed E-state index contributed by atoms with van der Waals surface area (Å²) in [4.78, 5) is -0.145. The lowest BCUT2D eigenvalue weighted by molar-refractivity contribution is 0.0503. The topological polar surface area (TPSA) is 84.7 Å². The van der Waals surface area contributed by atoms with E-state index in [4.69, 9.17) is 27.9 Å². The second-order valence-corrected chi connectivity index (χ2v) is 10.8. The highest BCUT2D eigenvalue weighted by molar-refractivity contribution is 7.93. The maximum atomic E-state index is 14.4. The normalized spacial score (nSPS) is 17.2. The van der Waals surface area contributed by atoms with Crippen molar-refractivity contribution in [2.45, 2.75) is 44.4 Å². The number of ether oxygens (including phenoxy) is 1. The number of rotatable bonds is 6. The highest BCUT2D eigenvalue weighted by atomic mass is 35.5. The van der Waals surface area contributed by atoms with Crippen molar-refractivity contribution < 1.29 is 22.7 Å². The number of sulfonamides is 1. The van der Waals surface area contributed by atoms with E-state index in [1.54, 1.807) is 37.3 Å². The third kappa shape index (κ3) is 4.91. The molecule has 186 valence electrons. The molecule has 1 aliphatic heterocycles. The van der Waals surface area contributed by atoms with Crippen LogP contribution in [0.4, 0.5) is 10.1 Å². The molecule has 11 heteroatoms. The number of aliphatic hydroxyl groups is 1. The molecule has 0 unspecified atom stereocenters. The van der Waals surface area contributed by atoms with E-state index in [0.717, 1.165) is 4.31 Å². The number of anilines is 1. The summed E-state index contributed by atoms with van der Waals surface area (Å²) < 4.78 is 50.2. The zero-order valence-corrected chi connectivity index (χ0v) is 21.6. The third-order valence-electron chi connectivity index (χ3n) is 5.73. The molecule has 2 atom stereocenters. The summed E-state index contributed by atoms with van der Waals surface area (Å²) in [5.41, 5.74) is 1.70. The second kappa shape index (κ2) is 9.81. The molecule has 3 aromatic rings. The van der Waals surface area contributed by atoms with Gasteiger partial charge in [0.15, 0.2) is 5.15 Å². The van der Waals surface area contributed by atoms with Crippen LogP contribution in [0.15, 0.2) is 47.5 Å². The summed E-state index contributed by atoms with van der Waals surface area (Å²) in [5.74, 6) is -0.178. The quantitative estimate of drug-likeness (QED) is 0.432. The molecule has 0 fully saturated rings. The molecule has 1 aliphatic rings. The molecule has 0 amide bonds. The van der Waals surface area contributed by atoms with Crippen LogP contribution in [0.5, 0.6) is 5.75 Å². The summed E-state index contributed by atoms with van der Waals surface area (Å²) >= 11 is 12.4. The minimum atomic E-state index is -4.15. The lowest BCUT2D eigenvalue weighted by Gasteiger charge is -2.36. The molecule has 0 saturated carbocycles. The molecule has 0 saturated heterocycles. The first-order valence-corrected chi connectivity index (χ1v) is 13.1. The average Bonchev–Trinajstić information content (AvgIpc) is 3.19. The molecule has 1 aromatic heterocycles. The van der Waals surface area contributed by atoms with Gasteiger partial charge in [-0.15, -0.1) is 0 Å². The highest BCUT2D eigenvalue weighted by Crippen LogP contribution is 2.40. The van der Waals surface area contributed by atoms with E-state index < -0.39 is 28.0 Å². The van der Waals surface area contributed by atoms with Gasteiger partial charge in [-0.2, -0.15) is 5.10 Å². The Morgan fingerprint density at radius 1 is 1.34 bits per heavy atom. The Kier molecular flexibility index (Phi) is 7.15. The Bertz CT molecular complexity index is 1390. The Balaban J connectivity index is 1.82. The van der Waals surface area contributed by atoms with E-state index in [-0.39, 0.29) is 38.6 Å². The van der Waals surface area contributed by atoms with Crippen molar-refractivity contribution in [2.24, 2.45) is 0 Å². The van der Waals surface area contributed by atoms with Crippen LogP contribution in [0.2, 0.25) is 10.2 Å². The minimum Gasteiger partial charge on any atom is -0.484 e. The predicted octanol–water partition coefficient (Wildman–Crippen LogP) is 5.25. The van der Waals surface area contributed by atoms with Crippen molar-refractivity contribution in [3.8, 4) is 5.75 Å². The van der Waals surface area contributed by atoms with Crippen molar-refractivity contribution in [1.82, 2.24) is 9.78 Å². The van der Waals surface area contributed by atoms with Crippen LogP contribution < -0.4 is 9.04 Å². The number of aryl methyl sites for hydroxylation is 1. The van der Waals surface area contributed by atoms with Crippen molar-refractivity contribution in [3.05, 3.63) is 69.7 Å². The molecular formula is C24H24Cl2FN3O4S. The molecular weight excluding hydrogens is 516 g/mol. The average molecular weight is 540 g/mol. The van der Waals surface area contributed by atoms with E-state index in [1.165, 1.54) is 29.9 Å². The van der Waals surface area contributed by atoms with Gasteiger partial charge in [0.1, 0.15) is 22.6 Å². The van der Waals surface area contributed by atoms with Crippen LogP contribution in [0, 0.1) is 5.82 Å². The molecule has 2 heterocycles. The van der Waals surface area contributed by atoms with E-state index in [1.807, 2.05) is 6.92 Å². The van der Waals surface area contributed by atoms with Gasteiger partial charge in [0.25, 0.3) is 10.0 Å². The molecule has 0 spiro atoms. The van der Waals surface area contributed by atoms with Crippen molar-refractivity contribution in [2.75, 3.05) is 10.8 Å². The fourth-order valence-corrected chi connectivity index (χ4v) is 6.13. The highest BCUT2D eigenvalue weighted by Gasteiger charge is 2.38. The second-order valence-electron chi connectivity index (χ2n) is 8.22. The zero-order valence-electron chi connectivity index (χ0n) is 19.2. The van der Waals surface area contributed by atoms with Gasteiger partial charge in [0.2, 0.25) is 0 Å². The molecule has 7 nitrogen and oxygen atoms in total. The Morgan fingerprint density at radius 3 is 2.71 bits per heavy atom. The molecule has 35 heavy (non-hydrogen) atoms. The number of nitrogens with zero attached hydrogens (tertiary/aromatic N) is 3. The van der Waals surface area contributed by atoms with E-state index in [0.29, 0.717) is 17.7 Å². The monoisotopic (exact) mass is 539 g/mol. The van der Waals surface area contributed by atoms with Gasteiger partial charge in [-0.1, -0.05) is 41.4 Å². The number of fused-ring (bicyclic) bond motifs is 1. The van der Waals surface area contributed by atoms with Gasteiger partial charge in [-0.3, -0.25) is 8.99 Å². The maximum Gasteiger partial charge on any atom is 0.269 e. The predicted molar refractivity (Wildman–Crippen MR) is 135 cm³/mol. The zero-order chi connectivity index (χ0) is 25.5. The number of aromatic nitrogens is 2. The number of halogens is 3. The lowest BCUT2D eigenvalue weighted by atomic mass is 10.0. The van der Waals surface area contributed by atoms with E-state index in [9.17, 15) is 17.9 Å². The number of hydrogen-bond donors (Lipinski definition) is 1. The third-order valence-corrected chi connectivity index (χ3v) is 8.22. The first-order valence-electron chi connectivity index (χ1n) is 10.9. The Hall–Kier alpha value is -2.59. The lowest BCUT2D eigenvalue weighted by Crippen LogP contribution is -2.47. The standard InChI is InChI=1S/C24H24Cl2FN3O4S/c1-4-29-13-22(24(26)28-29)35(32,33)30-12-21(15(3)31)34-20-9-8-16(11-19(20)30)10-14(2)23-17(25)6-5-7-18(23)27/h5-11,13,15,21,31H,4,12H2,1-3H3/b14-10+/t15-,21-/m0/s1. The Labute approximate surface area is 213 Å². The molecule has 1 N–H and O–H groups in total. The van der Waals surface area contributed by atoms with Crippen molar-refractivity contribution in [3.63, 3.8) is 0 Å². The van der Waals surface area contributed by atoms with Crippen LogP contribution in [0.1, 0.15) is 31.9 Å². The van der Waals surface area contributed by atoms with Crippen LogP contribution >= 0.6 is 23.2 Å². The number of benzene rings is 2. The molecule has 2 aromatic carbocycles. The fraction of sp³-hybridized carbons (Fsp3) is 0.292. The summed E-state index contributed by atoms with van der Waals surface area (Å²) in [7, 11) is -4.15. The van der Waals surface area contributed by atoms with Crippen LogP contribution in [0.3, 0.4) is 0 Å². The fourth-order valence-electron chi connectivity index (χ4n) is 3.89. The van der Waals surface area contributed by atoms with Crippen molar-refractivity contribution in [1.29, 1.82) is 0 Å². The van der Waals surface area contributed by atoms with Gasteiger partial charge in [0.05, 0.1) is 23.4 Å². The van der Waals surface area contributed by atoms with Gasteiger partial charge in [-0.25, -0.2) is 12.8 Å². The van der Waals surface area contributed by atoms with Crippen LogP contribution in [-0.4, -0.2) is 42.1 Å². The maximum absolute atomic E-state index is 14.4. The molecule has 0 aliphatic carbocycles. The van der Waals surface area contributed by atoms with Crippen LogP contribution in [-0.2, 0) is 16.6 Å². The largest absolute Gasteiger partial charge is 0.484 e. The minimum absolute atomic E-state index is 0.133. The molecule has 0 radical (unpaired) electrons. The molecule has 4 rings (SSSR count). The van der Waals surface area contributed by atoms with Gasteiger partial charge < -0.3 is 9.84 Å². The first-order chi connectivity index (χ1) is 16.5. The SMILES string of the molecule is CCn1cc(S(=O)(=O)N2C[C@@H]([C@H](C)O)Oc3ccc(/C=C(\C)c4c(F)cccc4Cl)cc32)c(Cl)n1. The summed E-state index contributed by atoms with van der Waals surface area (Å²) in [6.45, 7) is 5.37. The Morgan fingerprint density at radius 2 is 2.09 bits per heavy atom. The van der Waals surface area contributed by atoms with Gasteiger partial charge >= 0.3 is 0 Å². The van der Waals surface area contributed by atoms with Crippen LogP contribution in [0.25, 0.3) is 11.6 Å². The first kappa shape index (κ1) is 25.5. The van der Waals surface area contributed by atoms with E-state index in [2.05, 4.69) is 5.10 Å².